The smallest absolute Gasteiger partial charge is 0.313 e. The molecule has 0 spiro atoms. The molecule has 2 rings (SSSR count). The Morgan fingerprint density at radius 3 is 2.48 bits per heavy atom. The molecule has 0 saturated carbocycles. The van der Waals surface area contributed by atoms with Gasteiger partial charge in [-0.3, -0.25) is 4.79 Å². The molecule has 0 aliphatic carbocycles. The number of rotatable bonds is 7. The van der Waals surface area contributed by atoms with Crippen LogP contribution in [0.2, 0.25) is 0 Å². The third-order valence-corrected chi connectivity index (χ3v) is 3.21. The molecule has 0 fully saturated rings. The summed E-state index contributed by atoms with van der Waals surface area (Å²) in [6.07, 6.45) is 0. The average molecular weight is 314 g/mol. The highest BCUT2D eigenvalue weighted by Gasteiger charge is 2.13. The predicted molar refractivity (Wildman–Crippen MR) is 90.4 cm³/mol. The van der Waals surface area contributed by atoms with Gasteiger partial charge in [0.2, 0.25) is 0 Å². The minimum Gasteiger partial charge on any atom is -0.493 e. The molecule has 0 unspecified atom stereocenters. The van der Waals surface area contributed by atoms with E-state index in [0.29, 0.717) is 18.0 Å². The standard InChI is InChI=1S/C18H22N2O3/c1-13(2)18(21)23-16-10-9-14(11-17(16)22-3)12-19-20-15-7-5-4-6-8-15/h4-11,13,19-20H,12H2,1-3H3. The van der Waals surface area contributed by atoms with Crippen molar-refractivity contribution >= 4 is 11.7 Å². The molecule has 23 heavy (non-hydrogen) atoms. The lowest BCUT2D eigenvalue weighted by Crippen LogP contribution is -2.20. The molecule has 0 bridgehead atoms. The van der Waals surface area contributed by atoms with E-state index in [2.05, 4.69) is 10.9 Å². The second-order valence-electron chi connectivity index (χ2n) is 5.41. The van der Waals surface area contributed by atoms with Crippen molar-refractivity contribution in [3.63, 3.8) is 0 Å². The van der Waals surface area contributed by atoms with Crippen LogP contribution in [0.5, 0.6) is 11.5 Å². The minimum atomic E-state index is -0.278. The Hall–Kier alpha value is -2.53. The molecule has 0 heterocycles. The highest BCUT2D eigenvalue weighted by molar-refractivity contribution is 5.75. The van der Waals surface area contributed by atoms with Crippen molar-refractivity contribution in [1.82, 2.24) is 5.43 Å². The molecule has 0 atom stereocenters. The number of nitrogens with one attached hydrogen (secondary N) is 2. The first-order valence-corrected chi connectivity index (χ1v) is 7.52. The fourth-order valence-corrected chi connectivity index (χ4v) is 1.90. The van der Waals surface area contributed by atoms with Crippen molar-refractivity contribution in [2.45, 2.75) is 20.4 Å². The Balaban J connectivity index is 1.97. The molecule has 0 radical (unpaired) electrons. The fraction of sp³-hybridized carbons (Fsp3) is 0.278. The minimum absolute atomic E-state index is 0.184. The molecule has 2 N–H and O–H groups in total. The molecule has 122 valence electrons. The van der Waals surface area contributed by atoms with Gasteiger partial charge in [0, 0.05) is 12.2 Å². The van der Waals surface area contributed by atoms with E-state index in [1.165, 1.54) is 0 Å². The first kappa shape index (κ1) is 16.8. The molecule has 5 nitrogen and oxygen atoms in total. The molecule has 2 aromatic rings. The molecular formula is C18H22N2O3. The zero-order chi connectivity index (χ0) is 16.7. The molecule has 0 aliphatic rings. The van der Waals surface area contributed by atoms with Crippen LogP contribution in [0.3, 0.4) is 0 Å². The summed E-state index contributed by atoms with van der Waals surface area (Å²) in [7, 11) is 1.56. The van der Waals surface area contributed by atoms with Crippen LogP contribution in [0.25, 0.3) is 0 Å². The zero-order valence-corrected chi connectivity index (χ0v) is 13.6. The number of methoxy groups -OCH3 is 1. The first-order chi connectivity index (χ1) is 11.1. The van der Waals surface area contributed by atoms with Crippen molar-refractivity contribution in [2.75, 3.05) is 12.5 Å². The summed E-state index contributed by atoms with van der Waals surface area (Å²) in [5.74, 6) is 0.514. The second-order valence-corrected chi connectivity index (χ2v) is 5.41. The number of hydrogen-bond acceptors (Lipinski definition) is 5. The van der Waals surface area contributed by atoms with Gasteiger partial charge in [-0.05, 0) is 29.8 Å². The topological polar surface area (TPSA) is 59.6 Å². The zero-order valence-electron chi connectivity index (χ0n) is 13.6. The molecule has 5 heteroatoms. The molecule has 0 amide bonds. The van der Waals surface area contributed by atoms with E-state index < -0.39 is 0 Å². The lowest BCUT2D eigenvalue weighted by Gasteiger charge is -2.13. The second kappa shape index (κ2) is 8.19. The Labute approximate surface area is 136 Å². The molecule has 0 aliphatic heterocycles. The van der Waals surface area contributed by atoms with Crippen LogP contribution in [-0.4, -0.2) is 13.1 Å². The van der Waals surface area contributed by atoms with Crippen LogP contribution in [0.4, 0.5) is 5.69 Å². The number of benzene rings is 2. The summed E-state index contributed by atoms with van der Waals surface area (Å²) >= 11 is 0. The van der Waals surface area contributed by atoms with E-state index in [4.69, 9.17) is 9.47 Å². The summed E-state index contributed by atoms with van der Waals surface area (Å²) in [6, 6.07) is 15.3. The number of carbonyl (C=O) groups is 1. The number of anilines is 1. The van der Waals surface area contributed by atoms with E-state index >= 15 is 0 Å². The van der Waals surface area contributed by atoms with Crippen LogP contribution in [0.15, 0.2) is 48.5 Å². The summed E-state index contributed by atoms with van der Waals surface area (Å²) in [5.41, 5.74) is 8.25. The molecular weight excluding hydrogens is 292 g/mol. The van der Waals surface area contributed by atoms with Gasteiger partial charge in [0.25, 0.3) is 0 Å². The van der Waals surface area contributed by atoms with Gasteiger partial charge < -0.3 is 14.9 Å². The largest absolute Gasteiger partial charge is 0.493 e. The number of hydrazine groups is 1. The Morgan fingerprint density at radius 2 is 1.83 bits per heavy atom. The van der Waals surface area contributed by atoms with Crippen LogP contribution in [0, 0.1) is 5.92 Å². The van der Waals surface area contributed by atoms with Crippen LogP contribution >= 0.6 is 0 Å². The average Bonchev–Trinajstić information content (AvgIpc) is 2.56. The predicted octanol–water partition coefficient (Wildman–Crippen LogP) is 3.37. The van der Waals surface area contributed by atoms with E-state index in [1.54, 1.807) is 27.0 Å². The summed E-state index contributed by atoms with van der Waals surface area (Å²) in [4.78, 5) is 11.7. The van der Waals surface area contributed by atoms with Gasteiger partial charge in [-0.2, -0.15) is 0 Å². The number of carbonyl (C=O) groups excluding carboxylic acids is 1. The van der Waals surface area contributed by atoms with Crippen LogP contribution in [-0.2, 0) is 11.3 Å². The van der Waals surface area contributed by atoms with E-state index in [0.717, 1.165) is 11.3 Å². The monoisotopic (exact) mass is 314 g/mol. The van der Waals surface area contributed by atoms with Crippen LogP contribution in [0.1, 0.15) is 19.4 Å². The van der Waals surface area contributed by atoms with Gasteiger partial charge in [0.15, 0.2) is 11.5 Å². The molecule has 0 saturated heterocycles. The van der Waals surface area contributed by atoms with Gasteiger partial charge in [0.1, 0.15) is 0 Å². The maximum atomic E-state index is 11.7. The van der Waals surface area contributed by atoms with Gasteiger partial charge in [0.05, 0.1) is 13.0 Å². The van der Waals surface area contributed by atoms with E-state index in [1.807, 2.05) is 42.5 Å². The fourth-order valence-electron chi connectivity index (χ4n) is 1.90. The Bertz CT molecular complexity index is 642. The normalized spacial score (nSPS) is 10.4. The van der Waals surface area contributed by atoms with Crippen molar-refractivity contribution in [1.29, 1.82) is 0 Å². The lowest BCUT2D eigenvalue weighted by molar-refractivity contribution is -0.137. The quantitative estimate of drug-likeness (QED) is 0.466. The van der Waals surface area contributed by atoms with Gasteiger partial charge in [-0.25, -0.2) is 5.43 Å². The molecule has 2 aromatic carbocycles. The first-order valence-electron chi connectivity index (χ1n) is 7.52. The van der Waals surface area contributed by atoms with Gasteiger partial charge in [-0.15, -0.1) is 0 Å². The van der Waals surface area contributed by atoms with Crippen LogP contribution < -0.4 is 20.3 Å². The number of para-hydroxylation sites is 1. The third kappa shape index (κ3) is 5.00. The maximum absolute atomic E-state index is 11.7. The maximum Gasteiger partial charge on any atom is 0.313 e. The van der Waals surface area contributed by atoms with E-state index in [-0.39, 0.29) is 11.9 Å². The van der Waals surface area contributed by atoms with Crippen molar-refractivity contribution in [2.24, 2.45) is 5.92 Å². The van der Waals surface area contributed by atoms with Crippen molar-refractivity contribution < 1.29 is 14.3 Å². The number of hydrogen-bond donors (Lipinski definition) is 2. The molecule has 0 aromatic heterocycles. The summed E-state index contributed by atoms with van der Waals surface area (Å²) in [5, 5.41) is 0. The number of ether oxygens (including phenoxy) is 2. The van der Waals surface area contributed by atoms with Gasteiger partial charge in [-0.1, -0.05) is 38.1 Å². The Morgan fingerprint density at radius 1 is 1.09 bits per heavy atom. The summed E-state index contributed by atoms with van der Waals surface area (Å²) < 4.78 is 10.6. The third-order valence-electron chi connectivity index (χ3n) is 3.21. The Kier molecular flexibility index (Phi) is 6.00. The highest BCUT2D eigenvalue weighted by atomic mass is 16.6. The SMILES string of the molecule is COc1cc(CNNc2ccccc2)ccc1OC(=O)C(C)C. The number of esters is 1. The van der Waals surface area contributed by atoms with Crippen molar-refractivity contribution in [3.05, 3.63) is 54.1 Å². The van der Waals surface area contributed by atoms with Gasteiger partial charge >= 0.3 is 5.97 Å². The van der Waals surface area contributed by atoms with E-state index in [9.17, 15) is 4.79 Å². The summed E-state index contributed by atoms with van der Waals surface area (Å²) in [6.45, 7) is 4.19. The lowest BCUT2D eigenvalue weighted by atomic mass is 10.2. The highest BCUT2D eigenvalue weighted by Crippen LogP contribution is 2.28. The van der Waals surface area contributed by atoms with Crippen molar-refractivity contribution in [3.8, 4) is 11.5 Å².